The highest BCUT2D eigenvalue weighted by molar-refractivity contribution is 7.07. The van der Waals surface area contributed by atoms with Crippen LogP contribution in [-0.4, -0.2) is 17.6 Å². The summed E-state index contributed by atoms with van der Waals surface area (Å²) in [6.07, 6.45) is 1.68. The second kappa shape index (κ2) is 8.67. The Labute approximate surface area is 196 Å². The quantitative estimate of drug-likeness (QED) is 0.577. The number of hydrogen-bond acceptors (Lipinski definition) is 6. The number of nitrogens with two attached hydrogens (primary N) is 1. The van der Waals surface area contributed by atoms with Crippen molar-refractivity contribution in [2.75, 3.05) is 7.11 Å². The molecule has 0 bridgehead atoms. The van der Waals surface area contributed by atoms with Crippen LogP contribution in [0.4, 0.5) is 0 Å². The van der Waals surface area contributed by atoms with Gasteiger partial charge in [-0.1, -0.05) is 47.5 Å². The number of aromatic nitrogens is 1. The van der Waals surface area contributed by atoms with E-state index in [2.05, 4.69) is 6.07 Å². The number of halogens is 2. The molecule has 6 nitrogen and oxygen atoms in total. The average molecular weight is 484 g/mol. The van der Waals surface area contributed by atoms with E-state index in [0.717, 1.165) is 16.9 Å². The normalized spacial score (nSPS) is 16.0. The molecular weight excluding hydrogens is 469 g/mol. The molecule has 1 unspecified atom stereocenters. The van der Waals surface area contributed by atoms with Gasteiger partial charge in [-0.2, -0.15) is 5.26 Å². The van der Waals surface area contributed by atoms with Crippen molar-refractivity contribution in [1.29, 1.82) is 5.26 Å². The molecule has 2 aromatic carbocycles. The molecular formula is C23H15Cl2N3O3S. The highest BCUT2D eigenvalue weighted by atomic mass is 35.5. The Bertz CT molecular complexity index is 1480. The van der Waals surface area contributed by atoms with Crippen molar-refractivity contribution >= 4 is 58.0 Å². The number of rotatable bonds is 3. The molecule has 1 aliphatic rings. The van der Waals surface area contributed by atoms with Gasteiger partial charge in [-0.3, -0.25) is 9.36 Å². The Morgan fingerprint density at radius 1 is 1.16 bits per heavy atom. The number of hydrogen-bond donors (Lipinski definition) is 1. The van der Waals surface area contributed by atoms with E-state index in [1.165, 1.54) is 11.7 Å². The van der Waals surface area contributed by atoms with E-state index in [1.807, 2.05) is 0 Å². The van der Waals surface area contributed by atoms with Gasteiger partial charge < -0.3 is 10.5 Å². The zero-order chi connectivity index (χ0) is 23.0. The number of benzene rings is 2. The molecule has 3 aromatic rings. The fraction of sp³-hybridized carbons (Fsp3) is 0.0870. The Morgan fingerprint density at radius 3 is 2.31 bits per heavy atom. The lowest BCUT2D eigenvalue weighted by molar-refractivity contribution is -0.134. The second-order valence-corrected chi connectivity index (χ2v) is 8.81. The minimum atomic E-state index is -0.800. The number of fused-ring (bicyclic) bond motifs is 1. The number of carbonyl (C=O) groups excluding carboxylic acids is 1. The highest BCUT2D eigenvalue weighted by Gasteiger charge is 2.36. The van der Waals surface area contributed by atoms with Crippen LogP contribution in [0.3, 0.4) is 0 Å². The highest BCUT2D eigenvalue weighted by Crippen LogP contribution is 2.36. The summed E-state index contributed by atoms with van der Waals surface area (Å²) in [4.78, 5) is 26.1. The summed E-state index contributed by atoms with van der Waals surface area (Å²) in [6, 6.07) is 15.8. The minimum absolute atomic E-state index is 0.0212. The number of thiazole rings is 1. The molecule has 0 aliphatic carbocycles. The molecule has 0 fully saturated rings. The molecule has 160 valence electrons. The van der Waals surface area contributed by atoms with Crippen LogP contribution in [0.2, 0.25) is 10.0 Å². The fourth-order valence-electron chi connectivity index (χ4n) is 3.55. The Kier molecular flexibility index (Phi) is 5.94. The van der Waals surface area contributed by atoms with Gasteiger partial charge in [-0.15, -0.1) is 11.3 Å². The summed E-state index contributed by atoms with van der Waals surface area (Å²) in [6.45, 7) is 0. The number of methoxy groups -OCH3 is 1. The summed E-state index contributed by atoms with van der Waals surface area (Å²) in [5.74, 6) is -1.48. The van der Waals surface area contributed by atoms with Gasteiger partial charge in [0.15, 0.2) is 0 Å². The van der Waals surface area contributed by atoms with E-state index in [4.69, 9.17) is 33.7 Å². The van der Waals surface area contributed by atoms with Crippen molar-refractivity contribution in [2.24, 2.45) is 5.73 Å². The van der Waals surface area contributed by atoms with E-state index in [9.17, 15) is 14.9 Å². The van der Waals surface area contributed by atoms with Crippen molar-refractivity contribution in [3.63, 3.8) is 0 Å². The third-order valence-electron chi connectivity index (χ3n) is 5.05. The maximum atomic E-state index is 13.2. The lowest BCUT2D eigenvalue weighted by Crippen LogP contribution is -2.40. The van der Waals surface area contributed by atoms with Gasteiger partial charge >= 0.3 is 5.97 Å². The van der Waals surface area contributed by atoms with E-state index in [1.54, 1.807) is 54.6 Å². The van der Waals surface area contributed by atoms with Gasteiger partial charge in [0.05, 0.1) is 34.8 Å². The third kappa shape index (κ3) is 3.73. The summed E-state index contributed by atoms with van der Waals surface area (Å²) in [5, 5.41) is 11.0. The molecule has 0 saturated carbocycles. The number of nitriles is 1. The van der Waals surface area contributed by atoms with Gasteiger partial charge in [0, 0.05) is 10.0 Å². The van der Waals surface area contributed by atoms with Gasteiger partial charge in [0.2, 0.25) is 0 Å². The molecule has 2 heterocycles. The van der Waals surface area contributed by atoms with Crippen molar-refractivity contribution < 1.29 is 9.53 Å². The van der Waals surface area contributed by atoms with E-state index >= 15 is 0 Å². The molecule has 0 radical (unpaired) electrons. The summed E-state index contributed by atoms with van der Waals surface area (Å²) in [5.41, 5.74) is 7.49. The van der Waals surface area contributed by atoms with Crippen molar-refractivity contribution in [2.45, 2.75) is 5.92 Å². The number of nitrogens with zero attached hydrogens (tertiary/aromatic N) is 2. The Balaban J connectivity index is 2.08. The van der Waals surface area contributed by atoms with Crippen LogP contribution >= 0.6 is 34.5 Å². The van der Waals surface area contributed by atoms with Crippen molar-refractivity contribution in [3.8, 4) is 6.07 Å². The molecule has 1 atom stereocenters. The van der Waals surface area contributed by atoms with Gasteiger partial charge in [-0.25, -0.2) is 4.79 Å². The SMILES string of the molecule is COC(=O)C1=c2s/c(=C/c3ccc(Cl)cc3)c(=O)n2C(N)=C(C#N)C1c1ccc(Cl)cc1. The van der Waals surface area contributed by atoms with Crippen LogP contribution < -0.4 is 20.5 Å². The van der Waals surface area contributed by atoms with Crippen LogP contribution in [0.15, 0.2) is 58.9 Å². The fourth-order valence-corrected chi connectivity index (χ4v) is 4.97. The number of esters is 1. The van der Waals surface area contributed by atoms with Gasteiger partial charge in [0.1, 0.15) is 10.5 Å². The van der Waals surface area contributed by atoms with Crippen molar-refractivity contribution in [1.82, 2.24) is 4.57 Å². The molecule has 32 heavy (non-hydrogen) atoms. The van der Waals surface area contributed by atoms with Crippen LogP contribution in [0, 0.1) is 11.3 Å². The Morgan fingerprint density at radius 2 is 1.75 bits per heavy atom. The zero-order valence-electron chi connectivity index (χ0n) is 16.6. The van der Waals surface area contributed by atoms with Crippen LogP contribution in [-0.2, 0) is 9.53 Å². The largest absolute Gasteiger partial charge is 0.466 e. The third-order valence-corrected chi connectivity index (χ3v) is 6.66. The van der Waals surface area contributed by atoms with Crippen LogP contribution in [0.1, 0.15) is 17.0 Å². The van der Waals surface area contributed by atoms with E-state index < -0.39 is 17.4 Å². The summed E-state index contributed by atoms with van der Waals surface area (Å²) >= 11 is 13.1. The van der Waals surface area contributed by atoms with Crippen LogP contribution in [0.5, 0.6) is 0 Å². The number of carbonyl (C=O) groups is 1. The molecule has 0 amide bonds. The topological polar surface area (TPSA) is 98.1 Å². The second-order valence-electron chi connectivity index (χ2n) is 6.91. The van der Waals surface area contributed by atoms with E-state index in [0.29, 0.717) is 24.8 Å². The molecule has 1 aromatic heterocycles. The number of ether oxygens (including phenoxy) is 1. The molecule has 0 saturated heterocycles. The summed E-state index contributed by atoms with van der Waals surface area (Å²) in [7, 11) is 1.25. The standard InChI is InChI=1S/C23H15Cl2N3O3S/c1-31-23(30)19-18(13-4-8-15(25)9-5-13)16(11-26)20(27)28-21(29)17(32-22(19)28)10-12-2-6-14(24)7-3-12/h2-10,18H,27H2,1H3/b17-10+. The van der Waals surface area contributed by atoms with Crippen LogP contribution in [0.25, 0.3) is 17.5 Å². The Hall–Kier alpha value is -3.31. The lowest BCUT2D eigenvalue weighted by atomic mass is 9.84. The average Bonchev–Trinajstić information content (AvgIpc) is 3.11. The van der Waals surface area contributed by atoms with Gasteiger partial charge in [0.25, 0.3) is 5.56 Å². The predicted octanol–water partition coefficient (Wildman–Crippen LogP) is 2.82. The first-order chi connectivity index (χ1) is 15.3. The van der Waals surface area contributed by atoms with E-state index in [-0.39, 0.29) is 17.0 Å². The predicted molar refractivity (Wildman–Crippen MR) is 125 cm³/mol. The maximum absolute atomic E-state index is 13.2. The monoisotopic (exact) mass is 483 g/mol. The molecule has 9 heteroatoms. The van der Waals surface area contributed by atoms with Gasteiger partial charge in [-0.05, 0) is 41.5 Å². The van der Waals surface area contributed by atoms with Crippen molar-refractivity contribution in [3.05, 3.63) is 94.8 Å². The first-order valence-electron chi connectivity index (χ1n) is 9.33. The first-order valence-corrected chi connectivity index (χ1v) is 10.9. The maximum Gasteiger partial charge on any atom is 0.337 e. The minimum Gasteiger partial charge on any atom is -0.466 e. The summed E-state index contributed by atoms with van der Waals surface area (Å²) < 4.78 is 6.89. The zero-order valence-corrected chi connectivity index (χ0v) is 19.0. The number of allylic oxidation sites excluding steroid dienone is 1. The first kappa shape index (κ1) is 21.9. The molecule has 4 rings (SSSR count). The smallest absolute Gasteiger partial charge is 0.337 e. The molecule has 1 aliphatic heterocycles. The lowest BCUT2D eigenvalue weighted by Gasteiger charge is -2.24. The molecule has 2 N–H and O–H groups in total. The molecule has 0 spiro atoms.